The van der Waals surface area contributed by atoms with E-state index in [-0.39, 0.29) is 17.9 Å². The lowest BCUT2D eigenvalue weighted by molar-refractivity contribution is 0.269. The van der Waals surface area contributed by atoms with Crippen molar-refractivity contribution < 1.29 is 9.47 Å². The van der Waals surface area contributed by atoms with E-state index < -0.39 is 5.56 Å². The van der Waals surface area contributed by atoms with E-state index in [1.54, 1.807) is 24.5 Å². The van der Waals surface area contributed by atoms with E-state index >= 15 is 0 Å². The second kappa shape index (κ2) is 10.0. The molecule has 9 heteroatoms. The van der Waals surface area contributed by atoms with Crippen LogP contribution < -0.4 is 15.0 Å². The number of H-pyrrole nitrogens is 1. The molecular weight excluding hydrogens is 490 g/mol. The van der Waals surface area contributed by atoms with Crippen molar-refractivity contribution in [2.45, 2.75) is 18.7 Å². The second-order valence-corrected chi connectivity index (χ2v) is 8.06. The molecule has 0 saturated carbocycles. The number of rotatable bonds is 7. The number of aromatic amines is 1. The van der Waals surface area contributed by atoms with Gasteiger partial charge in [0.2, 0.25) is 0 Å². The molecule has 6 nitrogen and oxygen atoms in total. The molecule has 3 rings (SSSR count). The Balaban J connectivity index is 2.06. The van der Waals surface area contributed by atoms with Gasteiger partial charge >= 0.3 is 0 Å². The summed E-state index contributed by atoms with van der Waals surface area (Å²) in [4.78, 5) is 19.3. The minimum atomic E-state index is -0.490. The zero-order chi connectivity index (χ0) is 21.7. The molecule has 1 heterocycles. The first-order valence-electron chi connectivity index (χ1n) is 8.89. The summed E-state index contributed by atoms with van der Waals surface area (Å²) in [5.41, 5.74) is 1.11. The third-order valence-corrected chi connectivity index (χ3v) is 5.74. The van der Waals surface area contributed by atoms with E-state index in [1.165, 1.54) is 11.8 Å². The number of hydrogen-bond acceptors (Lipinski definition) is 6. The monoisotopic (exact) mass is 505 g/mol. The molecule has 0 aliphatic heterocycles. The second-order valence-electron chi connectivity index (χ2n) is 6.00. The molecule has 1 aromatic heterocycles. The standard InChI is InChI=1S/C21H17BrClN3O3S/c1-3-28-17-8-13(19-14(10-24)20(27)26-21(25-19)30-2)15(22)9-18(17)29-11-12-6-4-5-7-16(12)23/h4-9H,3,11H2,1-2H3,(H,25,26,27). The number of nitrogens with zero attached hydrogens (tertiary/aromatic N) is 2. The van der Waals surface area contributed by atoms with Crippen LogP contribution in [0.2, 0.25) is 5.02 Å². The van der Waals surface area contributed by atoms with Crippen LogP contribution in [0.1, 0.15) is 18.1 Å². The van der Waals surface area contributed by atoms with Crippen LogP contribution in [0.15, 0.2) is 50.8 Å². The fourth-order valence-electron chi connectivity index (χ4n) is 2.72. The molecule has 0 atom stereocenters. The molecule has 3 aromatic rings. The van der Waals surface area contributed by atoms with Crippen molar-refractivity contribution in [3.8, 4) is 28.8 Å². The number of hydrogen-bond donors (Lipinski definition) is 1. The highest BCUT2D eigenvalue weighted by atomic mass is 79.9. The largest absolute Gasteiger partial charge is 0.490 e. The van der Waals surface area contributed by atoms with E-state index in [9.17, 15) is 10.1 Å². The summed E-state index contributed by atoms with van der Waals surface area (Å²) in [5.74, 6) is 0.972. The number of nitriles is 1. The van der Waals surface area contributed by atoms with Gasteiger partial charge < -0.3 is 14.5 Å². The topological polar surface area (TPSA) is 88.0 Å². The van der Waals surface area contributed by atoms with Crippen molar-refractivity contribution in [2.75, 3.05) is 12.9 Å². The average molecular weight is 507 g/mol. The molecule has 1 N–H and O–H groups in total. The van der Waals surface area contributed by atoms with Gasteiger partial charge in [0.15, 0.2) is 16.7 Å². The highest BCUT2D eigenvalue weighted by Crippen LogP contribution is 2.39. The molecule has 0 saturated heterocycles. The van der Waals surface area contributed by atoms with E-state index in [1.807, 2.05) is 31.2 Å². The molecule has 0 fully saturated rings. The third-order valence-electron chi connectivity index (χ3n) is 4.13. The van der Waals surface area contributed by atoms with E-state index in [0.717, 1.165) is 5.56 Å². The van der Waals surface area contributed by atoms with Gasteiger partial charge in [-0.2, -0.15) is 5.26 Å². The van der Waals surface area contributed by atoms with Crippen LogP contribution in [0.25, 0.3) is 11.3 Å². The van der Waals surface area contributed by atoms with E-state index in [0.29, 0.717) is 38.3 Å². The van der Waals surface area contributed by atoms with Gasteiger partial charge in [-0.3, -0.25) is 4.79 Å². The Hall–Kier alpha value is -2.47. The molecule has 0 amide bonds. The fraction of sp³-hybridized carbons (Fsp3) is 0.190. The van der Waals surface area contributed by atoms with E-state index in [2.05, 4.69) is 25.9 Å². The highest BCUT2D eigenvalue weighted by Gasteiger charge is 2.19. The van der Waals surface area contributed by atoms with Crippen LogP contribution in [-0.4, -0.2) is 22.8 Å². The highest BCUT2D eigenvalue weighted by molar-refractivity contribution is 9.10. The molecular formula is C21H17BrClN3O3S. The van der Waals surface area contributed by atoms with Crippen molar-refractivity contribution in [3.63, 3.8) is 0 Å². The Morgan fingerprint density at radius 1 is 1.27 bits per heavy atom. The summed E-state index contributed by atoms with van der Waals surface area (Å²) in [6, 6.07) is 12.8. The van der Waals surface area contributed by atoms with Gasteiger partial charge in [-0.25, -0.2) is 4.98 Å². The number of aromatic nitrogens is 2. The van der Waals surface area contributed by atoms with Crippen LogP contribution in [0.5, 0.6) is 11.5 Å². The van der Waals surface area contributed by atoms with Gasteiger partial charge in [0.05, 0.1) is 12.3 Å². The van der Waals surface area contributed by atoms with Gasteiger partial charge in [-0.15, -0.1) is 0 Å². The van der Waals surface area contributed by atoms with Gasteiger partial charge in [-0.05, 0) is 47.3 Å². The number of ether oxygens (including phenoxy) is 2. The zero-order valence-corrected chi connectivity index (χ0v) is 19.3. The minimum Gasteiger partial charge on any atom is -0.490 e. The molecule has 0 aliphatic rings. The quantitative estimate of drug-likeness (QED) is 0.340. The SMILES string of the molecule is CCOc1cc(-c2nc(SC)[nH]c(=O)c2C#N)c(Br)cc1OCc1ccccc1Cl. The number of nitrogens with one attached hydrogen (secondary N) is 1. The summed E-state index contributed by atoms with van der Waals surface area (Å²) in [6.45, 7) is 2.53. The molecule has 0 radical (unpaired) electrons. The van der Waals surface area contributed by atoms with Crippen LogP contribution in [0.3, 0.4) is 0 Å². The lowest BCUT2D eigenvalue weighted by Crippen LogP contribution is -2.14. The summed E-state index contributed by atoms with van der Waals surface area (Å²) in [5, 5.41) is 10.5. The Kier molecular flexibility index (Phi) is 7.43. The van der Waals surface area contributed by atoms with Crippen molar-refractivity contribution in [3.05, 3.63) is 67.4 Å². The third kappa shape index (κ3) is 4.81. The number of thioether (sulfide) groups is 1. The fourth-order valence-corrected chi connectivity index (χ4v) is 3.79. The van der Waals surface area contributed by atoms with Gasteiger partial charge in [0.25, 0.3) is 5.56 Å². The normalized spacial score (nSPS) is 10.5. The molecule has 0 aliphatic carbocycles. The van der Waals surface area contributed by atoms with Crippen molar-refractivity contribution in [1.82, 2.24) is 9.97 Å². The molecule has 0 spiro atoms. The van der Waals surface area contributed by atoms with Gasteiger partial charge in [0, 0.05) is 20.6 Å². The molecule has 0 unspecified atom stereocenters. The smallest absolute Gasteiger partial charge is 0.270 e. The Bertz CT molecular complexity index is 1180. The van der Waals surface area contributed by atoms with Gasteiger partial charge in [0.1, 0.15) is 18.2 Å². The maximum atomic E-state index is 12.3. The molecule has 30 heavy (non-hydrogen) atoms. The first-order chi connectivity index (χ1) is 14.5. The molecule has 2 aromatic carbocycles. The summed E-state index contributed by atoms with van der Waals surface area (Å²) in [7, 11) is 0. The average Bonchev–Trinajstić information content (AvgIpc) is 2.74. The number of halogens is 2. The van der Waals surface area contributed by atoms with Crippen LogP contribution in [-0.2, 0) is 6.61 Å². The Morgan fingerprint density at radius 3 is 2.67 bits per heavy atom. The molecule has 0 bridgehead atoms. The van der Waals surface area contributed by atoms with Crippen LogP contribution in [0.4, 0.5) is 0 Å². The van der Waals surface area contributed by atoms with Gasteiger partial charge in [-0.1, -0.05) is 41.6 Å². The Labute approximate surface area is 191 Å². The zero-order valence-electron chi connectivity index (χ0n) is 16.2. The maximum Gasteiger partial charge on any atom is 0.270 e. The first kappa shape index (κ1) is 22.2. The van der Waals surface area contributed by atoms with Crippen LogP contribution >= 0.6 is 39.3 Å². The molecule has 154 valence electrons. The first-order valence-corrected chi connectivity index (χ1v) is 11.3. The van der Waals surface area contributed by atoms with E-state index in [4.69, 9.17) is 21.1 Å². The lowest BCUT2D eigenvalue weighted by atomic mass is 10.1. The predicted molar refractivity (Wildman–Crippen MR) is 121 cm³/mol. The number of benzene rings is 2. The summed E-state index contributed by atoms with van der Waals surface area (Å²) in [6.07, 6.45) is 1.79. The van der Waals surface area contributed by atoms with Crippen molar-refractivity contribution in [2.24, 2.45) is 0 Å². The van der Waals surface area contributed by atoms with Crippen molar-refractivity contribution >= 4 is 39.3 Å². The lowest BCUT2D eigenvalue weighted by Gasteiger charge is -2.16. The summed E-state index contributed by atoms with van der Waals surface area (Å²) >= 11 is 11.0. The minimum absolute atomic E-state index is 0.0688. The maximum absolute atomic E-state index is 12.3. The predicted octanol–water partition coefficient (Wildman–Crippen LogP) is 5.42. The summed E-state index contributed by atoms with van der Waals surface area (Å²) < 4.78 is 12.3. The van der Waals surface area contributed by atoms with Crippen molar-refractivity contribution in [1.29, 1.82) is 5.26 Å². The van der Waals surface area contributed by atoms with Crippen LogP contribution in [0, 0.1) is 11.3 Å². The Morgan fingerprint density at radius 2 is 2.00 bits per heavy atom.